The number of nitro benzene ring substituents is 1. The molecule has 0 N–H and O–H groups in total. The van der Waals surface area contributed by atoms with E-state index in [0.29, 0.717) is 0 Å². The fourth-order valence-electron chi connectivity index (χ4n) is 0.654. The average molecular weight is 221 g/mol. The molecular weight excluding hydrogens is 215 g/mol. The van der Waals surface area contributed by atoms with Gasteiger partial charge in [-0.1, -0.05) is 18.2 Å². The summed E-state index contributed by atoms with van der Waals surface area (Å²) in [4.78, 5) is 9.59. The third kappa shape index (κ3) is 3.55. The number of benzene rings is 1. The second kappa shape index (κ2) is 4.26. The Balaban J connectivity index is 0.000000162. The molecule has 1 atom stereocenters. The molecular formula is C8H6F3NO3. The number of ether oxygens (including phenoxy) is 1. The number of para-hydroxylation sites is 1. The van der Waals surface area contributed by atoms with E-state index in [0.717, 1.165) is 0 Å². The highest BCUT2D eigenvalue weighted by Gasteiger charge is 2.61. The SMILES string of the molecule is FC1OC1(F)F.O=[N+]([O-])c1ccccc1. The van der Waals surface area contributed by atoms with Crippen LogP contribution in [0.3, 0.4) is 0 Å². The van der Waals surface area contributed by atoms with Crippen molar-refractivity contribution in [2.75, 3.05) is 0 Å². The van der Waals surface area contributed by atoms with Gasteiger partial charge in [-0.2, -0.15) is 8.78 Å². The van der Waals surface area contributed by atoms with Crippen molar-refractivity contribution in [2.45, 2.75) is 12.5 Å². The molecule has 4 nitrogen and oxygen atoms in total. The summed E-state index contributed by atoms with van der Waals surface area (Å²) in [5.74, 6) is 0. The molecule has 1 saturated heterocycles. The molecule has 0 spiro atoms. The lowest BCUT2D eigenvalue weighted by Gasteiger charge is -1.85. The number of nitrogens with zero attached hydrogens (tertiary/aromatic N) is 1. The third-order valence-electron chi connectivity index (χ3n) is 1.43. The predicted octanol–water partition coefficient (Wildman–Crippen LogP) is 2.50. The summed E-state index contributed by atoms with van der Waals surface area (Å²) in [5, 5.41) is 10.0. The molecule has 0 aliphatic carbocycles. The Hall–Kier alpha value is -1.63. The number of halogens is 3. The van der Waals surface area contributed by atoms with Crippen molar-refractivity contribution in [1.82, 2.24) is 0 Å². The van der Waals surface area contributed by atoms with Gasteiger partial charge in [-0.15, -0.1) is 0 Å². The molecule has 1 aliphatic heterocycles. The van der Waals surface area contributed by atoms with Crippen molar-refractivity contribution in [3.8, 4) is 0 Å². The van der Waals surface area contributed by atoms with E-state index in [-0.39, 0.29) is 5.69 Å². The summed E-state index contributed by atoms with van der Waals surface area (Å²) < 4.78 is 35.9. The molecule has 0 aromatic heterocycles. The van der Waals surface area contributed by atoms with Gasteiger partial charge in [0.25, 0.3) is 12.0 Å². The maximum atomic E-state index is 10.9. The van der Waals surface area contributed by atoms with Gasteiger partial charge < -0.3 is 0 Å². The van der Waals surface area contributed by atoms with Gasteiger partial charge >= 0.3 is 6.11 Å². The highest BCUT2D eigenvalue weighted by Crippen LogP contribution is 2.39. The monoisotopic (exact) mass is 221 g/mol. The molecule has 1 heterocycles. The molecule has 15 heavy (non-hydrogen) atoms. The first-order chi connectivity index (χ1) is 6.93. The van der Waals surface area contributed by atoms with Crippen LogP contribution in [-0.4, -0.2) is 17.4 Å². The van der Waals surface area contributed by atoms with Gasteiger partial charge in [0.05, 0.1) is 4.92 Å². The average Bonchev–Trinajstić information content (AvgIpc) is 2.73. The van der Waals surface area contributed by atoms with Crippen LogP contribution < -0.4 is 0 Å². The summed E-state index contributed by atoms with van der Waals surface area (Å²) in [5.41, 5.74) is 0.137. The Kier molecular flexibility index (Phi) is 3.25. The Labute approximate surface area is 82.4 Å². The number of alkyl halides is 3. The van der Waals surface area contributed by atoms with Gasteiger partial charge in [-0.3, -0.25) is 14.9 Å². The van der Waals surface area contributed by atoms with Gasteiger partial charge in [0.1, 0.15) is 0 Å². The molecule has 0 bridgehead atoms. The Morgan fingerprint density at radius 1 is 1.33 bits per heavy atom. The molecule has 82 valence electrons. The van der Waals surface area contributed by atoms with E-state index in [1.165, 1.54) is 12.1 Å². The predicted molar refractivity (Wildman–Crippen MR) is 44.0 cm³/mol. The van der Waals surface area contributed by atoms with Crippen molar-refractivity contribution < 1.29 is 22.8 Å². The fourth-order valence-corrected chi connectivity index (χ4v) is 0.654. The quantitative estimate of drug-likeness (QED) is 0.416. The molecule has 1 aliphatic rings. The minimum Gasteiger partial charge on any atom is -0.273 e. The molecule has 0 saturated carbocycles. The fraction of sp³-hybridized carbons (Fsp3) is 0.250. The highest BCUT2D eigenvalue weighted by molar-refractivity contribution is 5.27. The zero-order chi connectivity index (χ0) is 11.5. The number of hydrogen-bond acceptors (Lipinski definition) is 3. The van der Waals surface area contributed by atoms with Gasteiger partial charge in [0, 0.05) is 12.1 Å². The lowest BCUT2D eigenvalue weighted by atomic mass is 10.3. The lowest BCUT2D eigenvalue weighted by Crippen LogP contribution is -1.90. The number of epoxide rings is 1. The first-order valence-corrected chi connectivity index (χ1v) is 3.82. The van der Waals surface area contributed by atoms with Crippen molar-refractivity contribution >= 4 is 5.69 Å². The normalized spacial score (nSPS) is 21.1. The molecule has 0 radical (unpaired) electrons. The van der Waals surface area contributed by atoms with E-state index in [1.54, 1.807) is 18.2 Å². The third-order valence-corrected chi connectivity index (χ3v) is 1.43. The van der Waals surface area contributed by atoms with Crippen LogP contribution in [0.5, 0.6) is 0 Å². The van der Waals surface area contributed by atoms with Crippen LogP contribution in [0.15, 0.2) is 30.3 Å². The van der Waals surface area contributed by atoms with E-state index in [1.807, 2.05) is 0 Å². The second-order valence-electron chi connectivity index (χ2n) is 2.59. The molecule has 1 aromatic carbocycles. The van der Waals surface area contributed by atoms with E-state index in [4.69, 9.17) is 0 Å². The van der Waals surface area contributed by atoms with E-state index < -0.39 is 17.4 Å². The van der Waals surface area contributed by atoms with E-state index in [9.17, 15) is 23.3 Å². The van der Waals surface area contributed by atoms with Crippen LogP contribution in [0.4, 0.5) is 18.9 Å². The van der Waals surface area contributed by atoms with E-state index in [2.05, 4.69) is 4.74 Å². The summed E-state index contributed by atoms with van der Waals surface area (Å²) in [6.45, 7) is 0. The standard InChI is InChI=1S/C6H5NO2.C2HF3O/c8-7(9)6-4-2-1-3-5-6;3-1-2(4,5)6-1/h1-5H;1H. The largest absolute Gasteiger partial charge is 0.414 e. The van der Waals surface area contributed by atoms with Crippen LogP contribution in [0.1, 0.15) is 0 Å². The lowest BCUT2D eigenvalue weighted by molar-refractivity contribution is -0.384. The Morgan fingerprint density at radius 2 is 1.73 bits per heavy atom. The van der Waals surface area contributed by atoms with Gasteiger partial charge in [-0.25, -0.2) is 4.39 Å². The van der Waals surface area contributed by atoms with Crippen LogP contribution in [-0.2, 0) is 4.74 Å². The number of rotatable bonds is 1. The number of non-ortho nitro benzene ring substituents is 1. The maximum absolute atomic E-state index is 10.9. The minimum atomic E-state index is -3.46. The molecule has 0 amide bonds. The molecule has 1 aromatic rings. The van der Waals surface area contributed by atoms with Crippen LogP contribution in [0.2, 0.25) is 0 Å². The molecule has 7 heteroatoms. The maximum Gasteiger partial charge on any atom is 0.414 e. The first kappa shape index (κ1) is 11.4. The van der Waals surface area contributed by atoms with Gasteiger partial charge in [0.15, 0.2) is 0 Å². The summed E-state index contributed by atoms with van der Waals surface area (Å²) in [7, 11) is 0. The number of hydrogen-bond donors (Lipinski definition) is 0. The highest BCUT2D eigenvalue weighted by atomic mass is 19.3. The van der Waals surface area contributed by atoms with Crippen LogP contribution >= 0.6 is 0 Å². The van der Waals surface area contributed by atoms with Crippen molar-refractivity contribution in [3.63, 3.8) is 0 Å². The van der Waals surface area contributed by atoms with Gasteiger partial charge in [-0.05, 0) is 0 Å². The summed E-state index contributed by atoms with van der Waals surface area (Å²) >= 11 is 0. The zero-order valence-corrected chi connectivity index (χ0v) is 7.27. The second-order valence-corrected chi connectivity index (χ2v) is 2.59. The number of nitro groups is 1. The smallest absolute Gasteiger partial charge is 0.273 e. The van der Waals surface area contributed by atoms with Crippen molar-refractivity contribution in [3.05, 3.63) is 40.4 Å². The molecule has 1 fully saturated rings. The minimum absolute atomic E-state index is 0.137. The first-order valence-electron chi connectivity index (χ1n) is 3.82. The Morgan fingerprint density at radius 3 is 1.93 bits per heavy atom. The van der Waals surface area contributed by atoms with E-state index >= 15 is 0 Å². The van der Waals surface area contributed by atoms with Gasteiger partial charge in [0.2, 0.25) is 0 Å². The summed E-state index contributed by atoms with van der Waals surface area (Å²) in [6, 6.07) is 7.93. The van der Waals surface area contributed by atoms with Crippen molar-refractivity contribution in [2.24, 2.45) is 0 Å². The summed E-state index contributed by atoms with van der Waals surface area (Å²) in [6.07, 6.45) is -5.79. The molecule has 1 unspecified atom stereocenters. The van der Waals surface area contributed by atoms with Crippen LogP contribution in [0, 0.1) is 10.1 Å². The Bertz CT molecular complexity index is 344. The zero-order valence-electron chi connectivity index (χ0n) is 7.27. The molecule has 2 rings (SSSR count). The van der Waals surface area contributed by atoms with Crippen LogP contribution in [0.25, 0.3) is 0 Å². The topological polar surface area (TPSA) is 55.7 Å². The van der Waals surface area contributed by atoms with Crippen molar-refractivity contribution in [1.29, 1.82) is 0 Å².